The van der Waals surface area contributed by atoms with Crippen LogP contribution < -0.4 is 5.32 Å². The van der Waals surface area contributed by atoms with Crippen molar-refractivity contribution in [3.63, 3.8) is 0 Å². The average molecular weight is 338 g/mol. The first kappa shape index (κ1) is 17.3. The predicted molar refractivity (Wildman–Crippen MR) is 96.6 cm³/mol. The highest BCUT2D eigenvalue weighted by Crippen LogP contribution is 2.26. The van der Waals surface area contributed by atoms with Crippen LogP contribution in [0.15, 0.2) is 54.6 Å². The maximum atomic E-state index is 12.7. The van der Waals surface area contributed by atoms with Crippen LogP contribution in [0, 0.1) is 0 Å². The van der Waals surface area contributed by atoms with Crippen molar-refractivity contribution >= 4 is 17.4 Å². The molecule has 0 aliphatic heterocycles. The van der Waals surface area contributed by atoms with Crippen LogP contribution in [-0.4, -0.2) is 47.4 Å². The second-order valence-electron chi connectivity index (χ2n) is 6.21. The van der Waals surface area contributed by atoms with E-state index in [1.165, 1.54) is 0 Å². The number of ketones is 1. The molecule has 1 aliphatic carbocycles. The number of aliphatic hydroxyl groups excluding tert-OH is 1. The lowest BCUT2D eigenvalue weighted by Crippen LogP contribution is -2.37. The minimum absolute atomic E-state index is 0.0346. The van der Waals surface area contributed by atoms with Gasteiger partial charge in [-0.1, -0.05) is 42.5 Å². The lowest BCUT2D eigenvalue weighted by Gasteiger charge is -2.20. The molecule has 0 spiro atoms. The Labute approximate surface area is 147 Å². The molecule has 0 heterocycles. The van der Waals surface area contributed by atoms with Gasteiger partial charge in [-0.3, -0.25) is 14.5 Å². The van der Waals surface area contributed by atoms with Gasteiger partial charge in [-0.25, -0.2) is 0 Å². The monoisotopic (exact) mass is 338 g/mol. The zero-order chi connectivity index (χ0) is 17.6. The third kappa shape index (κ3) is 4.53. The standard InChI is InChI=1S/C20H22N2O3/c23-13-12-22(16-10-11-16)14-19(24)21-18-9-5-4-8-17(18)20(25)15-6-2-1-3-7-15/h1-9,16,23H,10-14H2,(H,21,24). The van der Waals surface area contributed by atoms with Gasteiger partial charge in [-0.15, -0.1) is 0 Å². The Balaban J connectivity index is 1.72. The first-order valence-electron chi connectivity index (χ1n) is 8.52. The number of anilines is 1. The van der Waals surface area contributed by atoms with Crippen LogP contribution in [0.5, 0.6) is 0 Å². The topological polar surface area (TPSA) is 69.6 Å². The van der Waals surface area contributed by atoms with Crippen LogP contribution in [0.1, 0.15) is 28.8 Å². The molecule has 25 heavy (non-hydrogen) atoms. The number of nitrogens with one attached hydrogen (secondary N) is 1. The molecule has 0 atom stereocenters. The van der Waals surface area contributed by atoms with Gasteiger partial charge in [-0.05, 0) is 25.0 Å². The molecular formula is C20H22N2O3. The van der Waals surface area contributed by atoms with Gasteiger partial charge in [0.2, 0.25) is 5.91 Å². The Morgan fingerprint density at radius 3 is 2.40 bits per heavy atom. The van der Waals surface area contributed by atoms with Crippen LogP contribution in [0.4, 0.5) is 5.69 Å². The number of carbonyl (C=O) groups is 2. The minimum Gasteiger partial charge on any atom is -0.395 e. The fourth-order valence-corrected chi connectivity index (χ4v) is 2.87. The molecule has 0 unspecified atom stereocenters. The summed E-state index contributed by atoms with van der Waals surface area (Å²) in [6.45, 7) is 0.745. The smallest absolute Gasteiger partial charge is 0.238 e. The molecule has 130 valence electrons. The van der Waals surface area contributed by atoms with E-state index in [-0.39, 0.29) is 24.8 Å². The number of carbonyl (C=O) groups excluding carboxylic acids is 2. The second kappa shape index (κ2) is 8.05. The van der Waals surface area contributed by atoms with E-state index in [0.717, 1.165) is 12.8 Å². The highest BCUT2D eigenvalue weighted by molar-refractivity contribution is 6.13. The number of para-hydroxylation sites is 1. The van der Waals surface area contributed by atoms with Gasteiger partial charge in [-0.2, -0.15) is 0 Å². The van der Waals surface area contributed by atoms with Crippen molar-refractivity contribution in [2.75, 3.05) is 25.0 Å². The second-order valence-corrected chi connectivity index (χ2v) is 6.21. The molecule has 1 fully saturated rings. The fraction of sp³-hybridized carbons (Fsp3) is 0.300. The molecule has 3 rings (SSSR count). The normalized spacial score (nSPS) is 13.7. The largest absolute Gasteiger partial charge is 0.395 e. The Hall–Kier alpha value is -2.50. The van der Waals surface area contributed by atoms with E-state index in [1.807, 2.05) is 23.1 Å². The number of aliphatic hydroxyl groups is 1. The predicted octanol–water partition coefficient (Wildman–Crippen LogP) is 2.31. The van der Waals surface area contributed by atoms with Crippen molar-refractivity contribution in [3.05, 3.63) is 65.7 Å². The molecule has 5 heteroatoms. The number of hydrogen-bond acceptors (Lipinski definition) is 4. The highest BCUT2D eigenvalue weighted by Gasteiger charge is 2.30. The number of amides is 1. The maximum absolute atomic E-state index is 12.7. The van der Waals surface area contributed by atoms with Crippen molar-refractivity contribution in [2.24, 2.45) is 0 Å². The van der Waals surface area contributed by atoms with E-state index in [1.54, 1.807) is 36.4 Å². The van der Waals surface area contributed by atoms with Crippen molar-refractivity contribution in [2.45, 2.75) is 18.9 Å². The van der Waals surface area contributed by atoms with Gasteiger partial charge in [0.25, 0.3) is 0 Å². The van der Waals surface area contributed by atoms with Crippen molar-refractivity contribution in [3.8, 4) is 0 Å². The third-order valence-electron chi connectivity index (χ3n) is 4.28. The summed E-state index contributed by atoms with van der Waals surface area (Å²) in [5, 5.41) is 12.0. The van der Waals surface area contributed by atoms with Crippen molar-refractivity contribution < 1.29 is 14.7 Å². The summed E-state index contributed by atoms with van der Waals surface area (Å²) in [7, 11) is 0. The Bertz CT molecular complexity index is 742. The van der Waals surface area contributed by atoms with Gasteiger partial charge in [0.15, 0.2) is 5.78 Å². The molecule has 0 saturated heterocycles. The van der Waals surface area contributed by atoms with E-state index in [2.05, 4.69) is 5.32 Å². The first-order valence-corrected chi connectivity index (χ1v) is 8.52. The zero-order valence-electron chi connectivity index (χ0n) is 14.0. The minimum atomic E-state index is -0.173. The molecule has 0 aromatic heterocycles. The van der Waals surface area contributed by atoms with E-state index in [9.17, 15) is 9.59 Å². The Kier molecular flexibility index (Phi) is 5.58. The van der Waals surface area contributed by atoms with Crippen molar-refractivity contribution in [1.82, 2.24) is 4.90 Å². The Morgan fingerprint density at radius 2 is 1.72 bits per heavy atom. The number of nitrogens with zero attached hydrogens (tertiary/aromatic N) is 1. The number of hydrogen-bond donors (Lipinski definition) is 2. The van der Waals surface area contributed by atoms with E-state index in [4.69, 9.17) is 5.11 Å². The first-order chi connectivity index (χ1) is 12.2. The summed E-state index contributed by atoms with van der Waals surface area (Å²) in [4.78, 5) is 27.1. The summed E-state index contributed by atoms with van der Waals surface area (Å²) in [5.41, 5.74) is 1.58. The maximum Gasteiger partial charge on any atom is 0.238 e. The lowest BCUT2D eigenvalue weighted by atomic mass is 10.0. The summed E-state index contributed by atoms with van der Waals surface area (Å²) in [5.74, 6) is -0.292. The Morgan fingerprint density at radius 1 is 1.04 bits per heavy atom. The zero-order valence-corrected chi connectivity index (χ0v) is 14.0. The molecule has 2 aromatic rings. The number of rotatable bonds is 8. The summed E-state index contributed by atoms with van der Waals surface area (Å²) in [6.07, 6.45) is 2.13. The molecule has 1 saturated carbocycles. The lowest BCUT2D eigenvalue weighted by molar-refractivity contribution is -0.117. The molecule has 1 aliphatic rings. The van der Waals surface area contributed by atoms with Gasteiger partial charge in [0.1, 0.15) is 0 Å². The molecule has 2 N–H and O–H groups in total. The van der Waals surface area contributed by atoms with Crippen molar-refractivity contribution in [1.29, 1.82) is 0 Å². The van der Waals surface area contributed by atoms with Crippen LogP contribution in [-0.2, 0) is 4.79 Å². The van der Waals surface area contributed by atoms with Crippen LogP contribution in [0.3, 0.4) is 0 Å². The summed E-state index contributed by atoms with van der Waals surface area (Å²) in [6, 6.07) is 16.4. The molecule has 1 amide bonds. The summed E-state index contributed by atoms with van der Waals surface area (Å²) < 4.78 is 0. The average Bonchev–Trinajstić information content (AvgIpc) is 3.47. The van der Waals surface area contributed by atoms with Gasteiger partial charge in [0.05, 0.1) is 18.8 Å². The molecule has 2 aromatic carbocycles. The van der Waals surface area contributed by atoms with Crippen LogP contribution >= 0.6 is 0 Å². The molecular weight excluding hydrogens is 316 g/mol. The van der Waals surface area contributed by atoms with E-state index < -0.39 is 0 Å². The third-order valence-corrected chi connectivity index (χ3v) is 4.28. The van der Waals surface area contributed by atoms with Gasteiger partial charge >= 0.3 is 0 Å². The molecule has 0 bridgehead atoms. The number of benzene rings is 2. The summed E-state index contributed by atoms with van der Waals surface area (Å²) >= 11 is 0. The molecule has 0 radical (unpaired) electrons. The van der Waals surface area contributed by atoms with Gasteiger partial charge < -0.3 is 10.4 Å². The van der Waals surface area contributed by atoms with E-state index >= 15 is 0 Å². The SMILES string of the molecule is O=C(CN(CCO)C1CC1)Nc1ccccc1C(=O)c1ccccc1. The van der Waals surface area contributed by atoms with Crippen LogP contribution in [0.25, 0.3) is 0 Å². The van der Waals surface area contributed by atoms with Crippen LogP contribution in [0.2, 0.25) is 0 Å². The molecule has 5 nitrogen and oxygen atoms in total. The quantitative estimate of drug-likeness (QED) is 0.725. The fourth-order valence-electron chi connectivity index (χ4n) is 2.87. The van der Waals surface area contributed by atoms with Gasteiger partial charge in [0, 0.05) is 23.7 Å². The van der Waals surface area contributed by atoms with E-state index in [0.29, 0.717) is 29.4 Å². The highest BCUT2D eigenvalue weighted by atomic mass is 16.3.